The van der Waals surface area contributed by atoms with Gasteiger partial charge in [0.1, 0.15) is 0 Å². The minimum atomic E-state index is -0.817. The summed E-state index contributed by atoms with van der Waals surface area (Å²) in [7, 11) is 2.15. The molecule has 0 bridgehead atoms. The third kappa shape index (κ3) is 3.13. The number of likely N-dealkylation sites (tertiary alicyclic amines) is 1. The fraction of sp³-hybridized carbons (Fsp3) is 0.481. The number of carbonyl (C=O) groups is 2. The molecule has 1 aliphatic carbocycles. The lowest BCUT2D eigenvalue weighted by molar-refractivity contribution is -0.141. The third-order valence-corrected chi connectivity index (χ3v) is 8.27. The minimum Gasteiger partial charge on any atom is -0.481 e. The first-order valence-corrected chi connectivity index (χ1v) is 11.9. The monoisotopic (exact) mass is 432 g/mol. The Morgan fingerprint density at radius 3 is 2.34 bits per heavy atom. The molecule has 2 aromatic carbocycles. The van der Waals surface area contributed by atoms with Crippen molar-refractivity contribution in [2.45, 2.75) is 50.9 Å². The Morgan fingerprint density at radius 1 is 1.00 bits per heavy atom. The van der Waals surface area contributed by atoms with E-state index in [2.05, 4.69) is 42.3 Å². The lowest BCUT2D eigenvalue weighted by Gasteiger charge is -2.34. The Balaban J connectivity index is 1.39. The number of anilines is 1. The van der Waals surface area contributed by atoms with Crippen LogP contribution in [0.5, 0.6) is 0 Å². The maximum absolute atomic E-state index is 12.5. The van der Waals surface area contributed by atoms with Gasteiger partial charge in [0.25, 0.3) is 0 Å². The summed E-state index contributed by atoms with van der Waals surface area (Å²) in [6, 6.07) is 14.9. The number of nitrogens with zero attached hydrogens (tertiary/aromatic N) is 2. The van der Waals surface area contributed by atoms with Crippen molar-refractivity contribution < 1.29 is 14.7 Å². The Labute approximate surface area is 190 Å². The first-order chi connectivity index (χ1) is 15.4. The van der Waals surface area contributed by atoms with Crippen molar-refractivity contribution in [3.63, 3.8) is 0 Å². The average molecular weight is 433 g/mol. The second-order valence-corrected chi connectivity index (χ2v) is 9.85. The number of piperidine rings is 1. The zero-order valence-corrected chi connectivity index (χ0v) is 19.1. The van der Waals surface area contributed by atoms with E-state index in [1.807, 2.05) is 24.0 Å². The first kappa shape index (κ1) is 21.0. The molecule has 5 nitrogen and oxygen atoms in total. The fourth-order valence-corrected chi connectivity index (χ4v) is 6.19. The van der Waals surface area contributed by atoms with Crippen molar-refractivity contribution in [1.82, 2.24) is 4.90 Å². The van der Waals surface area contributed by atoms with Crippen LogP contribution in [0, 0.1) is 5.41 Å². The molecule has 1 atom stereocenters. The van der Waals surface area contributed by atoms with Crippen LogP contribution >= 0.6 is 0 Å². The van der Waals surface area contributed by atoms with Crippen LogP contribution in [0.2, 0.25) is 0 Å². The Morgan fingerprint density at radius 2 is 1.69 bits per heavy atom. The molecule has 2 heterocycles. The van der Waals surface area contributed by atoms with Crippen molar-refractivity contribution in [1.29, 1.82) is 0 Å². The van der Waals surface area contributed by atoms with E-state index >= 15 is 0 Å². The maximum atomic E-state index is 12.5. The van der Waals surface area contributed by atoms with Crippen molar-refractivity contribution in [3.05, 3.63) is 53.6 Å². The largest absolute Gasteiger partial charge is 0.481 e. The average Bonchev–Trinajstić information content (AvgIpc) is 3.48. The van der Waals surface area contributed by atoms with Gasteiger partial charge < -0.3 is 14.9 Å². The van der Waals surface area contributed by atoms with Gasteiger partial charge in [-0.05, 0) is 65.8 Å². The molecule has 0 radical (unpaired) electrons. The van der Waals surface area contributed by atoms with Gasteiger partial charge in [-0.25, -0.2) is 0 Å². The van der Waals surface area contributed by atoms with Crippen LogP contribution in [0.3, 0.4) is 0 Å². The smallest absolute Gasteiger partial charge is 0.314 e. The second kappa shape index (κ2) is 7.65. The van der Waals surface area contributed by atoms with Gasteiger partial charge in [-0.2, -0.15) is 0 Å². The molecule has 1 spiro atoms. The van der Waals surface area contributed by atoms with E-state index in [0.717, 1.165) is 36.9 Å². The van der Waals surface area contributed by atoms with Crippen molar-refractivity contribution in [3.8, 4) is 11.1 Å². The van der Waals surface area contributed by atoms with Crippen LogP contribution in [-0.4, -0.2) is 48.6 Å². The Hall–Kier alpha value is -2.82. The summed E-state index contributed by atoms with van der Waals surface area (Å²) < 4.78 is 0. The van der Waals surface area contributed by atoms with Gasteiger partial charge in [-0.15, -0.1) is 0 Å². The summed E-state index contributed by atoms with van der Waals surface area (Å²) in [6.45, 7) is 4.30. The molecule has 0 aromatic heterocycles. The SMILES string of the molecule is CCC(=O)N1CCC2(CC1)CC2(C(=O)O)c1ccc(-c2ccc3c(c2)N(C)CCC3)cc1. The van der Waals surface area contributed by atoms with Gasteiger partial charge >= 0.3 is 5.97 Å². The van der Waals surface area contributed by atoms with E-state index in [1.165, 1.54) is 23.2 Å². The molecule has 5 rings (SSSR count). The zero-order valence-electron chi connectivity index (χ0n) is 19.1. The van der Waals surface area contributed by atoms with E-state index in [-0.39, 0.29) is 11.3 Å². The molecule has 168 valence electrons. The Kier molecular flexibility index (Phi) is 5.03. The second-order valence-electron chi connectivity index (χ2n) is 9.85. The fourth-order valence-electron chi connectivity index (χ4n) is 6.19. The molecule has 1 saturated heterocycles. The molecule has 3 aliphatic rings. The lowest BCUT2D eigenvalue weighted by Crippen LogP contribution is -2.42. The molecule has 1 unspecified atom stereocenters. The molecule has 1 N–H and O–H groups in total. The number of hydrogen-bond donors (Lipinski definition) is 1. The third-order valence-electron chi connectivity index (χ3n) is 8.27. The number of carbonyl (C=O) groups excluding carboxylic acids is 1. The molecule has 2 fully saturated rings. The molecular formula is C27H32N2O3. The number of aliphatic carboxylic acids is 1. The van der Waals surface area contributed by atoms with Gasteiger partial charge in [0.05, 0.1) is 5.41 Å². The van der Waals surface area contributed by atoms with E-state index < -0.39 is 11.4 Å². The number of benzene rings is 2. The van der Waals surface area contributed by atoms with Crippen LogP contribution in [0.15, 0.2) is 42.5 Å². The van der Waals surface area contributed by atoms with Crippen LogP contribution in [0.25, 0.3) is 11.1 Å². The van der Waals surface area contributed by atoms with E-state index in [9.17, 15) is 14.7 Å². The summed E-state index contributed by atoms with van der Waals surface area (Å²) >= 11 is 0. The van der Waals surface area contributed by atoms with Crippen molar-refractivity contribution in [2.24, 2.45) is 5.41 Å². The summed E-state index contributed by atoms with van der Waals surface area (Å²) in [4.78, 5) is 28.8. The highest BCUT2D eigenvalue weighted by Crippen LogP contribution is 2.69. The molecular weight excluding hydrogens is 400 g/mol. The maximum Gasteiger partial charge on any atom is 0.314 e. The van der Waals surface area contributed by atoms with Crippen LogP contribution in [0.4, 0.5) is 5.69 Å². The molecule has 1 amide bonds. The van der Waals surface area contributed by atoms with Crippen molar-refractivity contribution >= 4 is 17.6 Å². The number of fused-ring (bicyclic) bond motifs is 1. The molecule has 1 saturated carbocycles. The summed E-state index contributed by atoms with van der Waals surface area (Å²) in [5.74, 6) is -0.558. The Bertz CT molecular complexity index is 1050. The normalized spacial score (nSPS) is 23.7. The highest BCUT2D eigenvalue weighted by atomic mass is 16.4. The summed E-state index contributed by atoms with van der Waals surface area (Å²) in [5, 5.41) is 10.3. The standard InChI is InChI=1S/C27H32N2O3/c1-3-24(30)29-15-12-26(13-16-29)18-27(26,25(31)32)22-10-8-19(9-11-22)21-7-6-20-5-4-14-28(2)23(20)17-21/h6-11,17H,3-5,12-16,18H2,1-2H3,(H,31,32). The van der Waals surface area contributed by atoms with Gasteiger partial charge in [0.2, 0.25) is 5.91 Å². The number of rotatable bonds is 4. The van der Waals surface area contributed by atoms with Crippen LogP contribution in [-0.2, 0) is 21.4 Å². The predicted molar refractivity (Wildman–Crippen MR) is 126 cm³/mol. The zero-order chi connectivity index (χ0) is 22.5. The summed E-state index contributed by atoms with van der Waals surface area (Å²) in [6.07, 6.45) is 5.04. The van der Waals surface area contributed by atoms with E-state index in [4.69, 9.17) is 0 Å². The quantitative estimate of drug-likeness (QED) is 0.774. The predicted octanol–water partition coefficient (Wildman–Crippen LogP) is 4.48. The highest BCUT2D eigenvalue weighted by molar-refractivity contribution is 5.88. The number of hydrogen-bond acceptors (Lipinski definition) is 3. The van der Waals surface area contributed by atoms with E-state index in [0.29, 0.717) is 25.9 Å². The van der Waals surface area contributed by atoms with Crippen molar-refractivity contribution in [2.75, 3.05) is 31.6 Å². The minimum absolute atomic E-state index is 0.168. The first-order valence-electron chi connectivity index (χ1n) is 11.9. The molecule has 2 aliphatic heterocycles. The van der Waals surface area contributed by atoms with Crippen LogP contribution < -0.4 is 4.90 Å². The van der Waals surface area contributed by atoms with Crippen LogP contribution in [0.1, 0.15) is 50.2 Å². The number of aryl methyl sites for hydroxylation is 1. The number of amides is 1. The lowest BCUT2D eigenvalue weighted by atomic mass is 9.79. The van der Waals surface area contributed by atoms with Gasteiger partial charge in [0, 0.05) is 38.8 Å². The highest BCUT2D eigenvalue weighted by Gasteiger charge is 2.72. The van der Waals surface area contributed by atoms with Gasteiger partial charge in [-0.3, -0.25) is 9.59 Å². The molecule has 32 heavy (non-hydrogen) atoms. The van der Waals surface area contributed by atoms with E-state index in [1.54, 1.807) is 0 Å². The topological polar surface area (TPSA) is 60.9 Å². The summed E-state index contributed by atoms with van der Waals surface area (Å²) in [5.41, 5.74) is 4.85. The molecule has 5 heteroatoms. The number of carboxylic acids is 1. The molecule has 2 aromatic rings. The van der Waals surface area contributed by atoms with Gasteiger partial charge in [-0.1, -0.05) is 43.3 Å². The van der Waals surface area contributed by atoms with Gasteiger partial charge in [0.15, 0.2) is 0 Å². The number of carboxylic acid groups (broad SMARTS) is 1.